The molecule has 3 aromatic rings. The van der Waals surface area contributed by atoms with E-state index < -0.39 is 6.10 Å². The van der Waals surface area contributed by atoms with Crippen molar-refractivity contribution in [1.29, 1.82) is 0 Å². The van der Waals surface area contributed by atoms with Crippen LogP contribution in [-0.4, -0.2) is 16.7 Å². The third kappa shape index (κ3) is 4.31. The molecule has 0 bridgehead atoms. The average Bonchev–Trinajstić information content (AvgIpc) is 2.62. The summed E-state index contributed by atoms with van der Waals surface area (Å²) in [6, 6.07) is 22.1. The van der Waals surface area contributed by atoms with E-state index >= 15 is 0 Å². The molecule has 0 aliphatic heterocycles. The number of pyridine rings is 1. The molecule has 1 unspecified atom stereocenters. The molecule has 0 amide bonds. The lowest BCUT2D eigenvalue weighted by Gasteiger charge is -2.13. The van der Waals surface area contributed by atoms with E-state index in [4.69, 9.17) is 9.47 Å². The first kappa shape index (κ1) is 15.1. The topological polar surface area (TPSA) is 51.6 Å². The molecule has 1 N–H and O–H groups in total. The van der Waals surface area contributed by atoms with Crippen LogP contribution in [0.2, 0.25) is 0 Å². The molecule has 0 aliphatic carbocycles. The fourth-order valence-electron chi connectivity index (χ4n) is 2.08. The van der Waals surface area contributed by atoms with Crippen LogP contribution in [0.5, 0.6) is 17.4 Å². The van der Waals surface area contributed by atoms with Gasteiger partial charge in [-0.1, -0.05) is 36.4 Å². The molecule has 116 valence electrons. The van der Waals surface area contributed by atoms with Crippen molar-refractivity contribution < 1.29 is 14.6 Å². The van der Waals surface area contributed by atoms with E-state index in [0.717, 1.165) is 5.56 Å². The maximum Gasteiger partial charge on any atom is 0.219 e. The van der Waals surface area contributed by atoms with E-state index in [1.54, 1.807) is 36.5 Å². The van der Waals surface area contributed by atoms with Gasteiger partial charge in [0.15, 0.2) is 0 Å². The number of aliphatic hydroxyl groups excluding tert-OH is 1. The van der Waals surface area contributed by atoms with Gasteiger partial charge in [0.05, 0.1) is 0 Å². The fourth-order valence-corrected chi connectivity index (χ4v) is 2.08. The SMILES string of the molecule is OC(COc1ccc(Oc2ccccn2)cc1)c1ccccc1. The molecule has 1 aromatic heterocycles. The van der Waals surface area contributed by atoms with Gasteiger partial charge < -0.3 is 14.6 Å². The molecule has 0 radical (unpaired) electrons. The number of benzene rings is 2. The van der Waals surface area contributed by atoms with Gasteiger partial charge in [0, 0.05) is 12.3 Å². The first-order valence-corrected chi connectivity index (χ1v) is 7.36. The van der Waals surface area contributed by atoms with E-state index in [9.17, 15) is 5.11 Å². The lowest BCUT2D eigenvalue weighted by atomic mass is 10.1. The summed E-state index contributed by atoms with van der Waals surface area (Å²) < 4.78 is 11.2. The van der Waals surface area contributed by atoms with Gasteiger partial charge in [-0.15, -0.1) is 0 Å². The predicted molar refractivity (Wildman–Crippen MR) is 87.6 cm³/mol. The molecule has 3 rings (SSSR count). The first-order chi connectivity index (χ1) is 11.3. The predicted octanol–water partition coefficient (Wildman–Crippen LogP) is 3.99. The number of hydrogen-bond acceptors (Lipinski definition) is 4. The number of ether oxygens (including phenoxy) is 2. The monoisotopic (exact) mass is 307 g/mol. The smallest absolute Gasteiger partial charge is 0.219 e. The summed E-state index contributed by atoms with van der Waals surface area (Å²) in [5.74, 6) is 1.90. The van der Waals surface area contributed by atoms with Crippen LogP contribution in [-0.2, 0) is 0 Å². The van der Waals surface area contributed by atoms with Gasteiger partial charge >= 0.3 is 0 Å². The summed E-state index contributed by atoms with van der Waals surface area (Å²) in [7, 11) is 0. The molecule has 2 aromatic carbocycles. The molecule has 1 heterocycles. The summed E-state index contributed by atoms with van der Waals surface area (Å²) in [6.07, 6.45) is 1.03. The van der Waals surface area contributed by atoms with Gasteiger partial charge in [0.25, 0.3) is 0 Å². The van der Waals surface area contributed by atoms with Crippen molar-refractivity contribution in [2.75, 3.05) is 6.61 Å². The van der Waals surface area contributed by atoms with Crippen LogP contribution in [0.4, 0.5) is 0 Å². The zero-order valence-electron chi connectivity index (χ0n) is 12.5. The van der Waals surface area contributed by atoms with Crippen LogP contribution in [0.3, 0.4) is 0 Å². The van der Waals surface area contributed by atoms with Crippen molar-refractivity contribution in [3.05, 3.63) is 84.6 Å². The highest BCUT2D eigenvalue weighted by Crippen LogP contribution is 2.23. The summed E-state index contributed by atoms with van der Waals surface area (Å²) in [5.41, 5.74) is 0.836. The van der Waals surface area contributed by atoms with Crippen molar-refractivity contribution in [2.45, 2.75) is 6.10 Å². The van der Waals surface area contributed by atoms with E-state index in [1.807, 2.05) is 42.5 Å². The van der Waals surface area contributed by atoms with Crippen molar-refractivity contribution in [3.63, 3.8) is 0 Å². The molecule has 1 atom stereocenters. The lowest BCUT2D eigenvalue weighted by molar-refractivity contribution is 0.108. The van der Waals surface area contributed by atoms with E-state index in [2.05, 4.69) is 4.98 Å². The van der Waals surface area contributed by atoms with Crippen molar-refractivity contribution in [1.82, 2.24) is 4.98 Å². The van der Waals surface area contributed by atoms with E-state index in [1.165, 1.54) is 0 Å². The Morgan fingerprint density at radius 1 is 0.826 bits per heavy atom. The van der Waals surface area contributed by atoms with Gasteiger partial charge in [-0.2, -0.15) is 0 Å². The fraction of sp³-hybridized carbons (Fsp3) is 0.105. The number of rotatable bonds is 6. The number of aromatic nitrogens is 1. The minimum atomic E-state index is -0.652. The Balaban J connectivity index is 1.55. The molecule has 4 nitrogen and oxygen atoms in total. The summed E-state index contributed by atoms with van der Waals surface area (Å²) in [5, 5.41) is 10.1. The van der Waals surface area contributed by atoms with Crippen LogP contribution < -0.4 is 9.47 Å². The van der Waals surface area contributed by atoms with Crippen LogP contribution in [0.1, 0.15) is 11.7 Å². The highest BCUT2D eigenvalue weighted by atomic mass is 16.5. The third-order valence-electron chi connectivity index (χ3n) is 3.28. The highest BCUT2D eigenvalue weighted by molar-refractivity contribution is 5.33. The Morgan fingerprint density at radius 3 is 2.22 bits per heavy atom. The van der Waals surface area contributed by atoms with Crippen LogP contribution in [0.15, 0.2) is 79.0 Å². The quantitative estimate of drug-likeness (QED) is 0.748. The molecule has 4 heteroatoms. The second kappa shape index (κ2) is 7.42. The maximum atomic E-state index is 10.1. The van der Waals surface area contributed by atoms with Crippen LogP contribution >= 0.6 is 0 Å². The van der Waals surface area contributed by atoms with Gasteiger partial charge in [-0.25, -0.2) is 4.98 Å². The summed E-state index contributed by atoms with van der Waals surface area (Å²) in [6.45, 7) is 0.199. The standard InChI is InChI=1S/C19H17NO3/c21-18(15-6-2-1-3-7-15)14-22-16-9-11-17(12-10-16)23-19-8-4-5-13-20-19/h1-13,18,21H,14H2. The zero-order valence-corrected chi connectivity index (χ0v) is 12.5. The third-order valence-corrected chi connectivity index (χ3v) is 3.28. The average molecular weight is 307 g/mol. The largest absolute Gasteiger partial charge is 0.491 e. The Labute approximate surface area is 135 Å². The second-order valence-corrected chi connectivity index (χ2v) is 4.98. The van der Waals surface area contributed by atoms with Crippen molar-refractivity contribution >= 4 is 0 Å². The minimum absolute atomic E-state index is 0.199. The van der Waals surface area contributed by atoms with E-state index in [-0.39, 0.29) is 6.61 Å². The Kier molecular flexibility index (Phi) is 4.86. The Morgan fingerprint density at radius 2 is 1.52 bits per heavy atom. The lowest BCUT2D eigenvalue weighted by Crippen LogP contribution is -2.09. The molecule has 0 fully saturated rings. The van der Waals surface area contributed by atoms with Gasteiger partial charge in [0.1, 0.15) is 24.2 Å². The normalized spacial score (nSPS) is 11.7. The zero-order chi connectivity index (χ0) is 15.9. The Bertz CT molecular complexity index is 715. The molecule has 0 spiro atoms. The van der Waals surface area contributed by atoms with E-state index in [0.29, 0.717) is 17.4 Å². The summed E-state index contributed by atoms with van der Waals surface area (Å²) >= 11 is 0. The Hall–Kier alpha value is -2.85. The highest BCUT2D eigenvalue weighted by Gasteiger charge is 2.07. The first-order valence-electron chi connectivity index (χ1n) is 7.36. The van der Waals surface area contributed by atoms with Crippen molar-refractivity contribution in [3.8, 4) is 17.4 Å². The number of hydrogen-bond donors (Lipinski definition) is 1. The molecular weight excluding hydrogens is 290 g/mol. The van der Waals surface area contributed by atoms with Crippen LogP contribution in [0.25, 0.3) is 0 Å². The van der Waals surface area contributed by atoms with Gasteiger partial charge in [-0.3, -0.25) is 0 Å². The van der Waals surface area contributed by atoms with Gasteiger partial charge in [0.2, 0.25) is 5.88 Å². The maximum absolute atomic E-state index is 10.1. The minimum Gasteiger partial charge on any atom is -0.491 e. The van der Waals surface area contributed by atoms with Crippen molar-refractivity contribution in [2.24, 2.45) is 0 Å². The number of aliphatic hydroxyl groups is 1. The molecule has 23 heavy (non-hydrogen) atoms. The van der Waals surface area contributed by atoms with Crippen LogP contribution in [0, 0.1) is 0 Å². The number of nitrogens with zero attached hydrogens (tertiary/aromatic N) is 1. The molecular formula is C19H17NO3. The molecule has 0 saturated heterocycles. The van der Waals surface area contributed by atoms with Gasteiger partial charge in [-0.05, 0) is 35.9 Å². The molecule has 0 saturated carbocycles. The molecule has 0 aliphatic rings. The second-order valence-electron chi connectivity index (χ2n) is 4.98. The summed E-state index contributed by atoms with van der Waals surface area (Å²) in [4.78, 5) is 4.10.